The van der Waals surface area contributed by atoms with Crippen LogP contribution in [0.3, 0.4) is 0 Å². The highest BCUT2D eigenvalue weighted by atomic mass is 16.5. The minimum atomic E-state index is -1.18. The smallest absolute Gasteiger partial charge is 0.331 e. The number of carbonyl (C=O) groups excluding carboxylic acids is 2. The fraction of sp³-hybridized carbons (Fsp3) is 0.826. The molecule has 5 aliphatic rings. The molecule has 4 saturated carbocycles. The second-order valence-corrected chi connectivity index (χ2v) is 10.6. The minimum Gasteiger partial charge on any atom is -0.458 e. The Hall–Kier alpha value is -1.24. The molecule has 4 aliphatic carbocycles. The van der Waals surface area contributed by atoms with Crippen molar-refractivity contribution in [3.05, 3.63) is 11.6 Å². The molecule has 0 saturated heterocycles. The van der Waals surface area contributed by atoms with Crippen LogP contribution in [0.4, 0.5) is 0 Å². The summed E-state index contributed by atoms with van der Waals surface area (Å²) in [7, 11) is 0. The van der Waals surface area contributed by atoms with Crippen LogP contribution in [0.1, 0.15) is 64.7 Å². The van der Waals surface area contributed by atoms with Crippen molar-refractivity contribution >= 4 is 12.3 Å². The number of esters is 1. The van der Waals surface area contributed by atoms with E-state index in [1.165, 1.54) is 0 Å². The van der Waals surface area contributed by atoms with Crippen LogP contribution < -0.4 is 0 Å². The van der Waals surface area contributed by atoms with Gasteiger partial charge in [-0.05, 0) is 74.7 Å². The maximum Gasteiger partial charge on any atom is 0.331 e. The summed E-state index contributed by atoms with van der Waals surface area (Å²) in [5, 5.41) is 33.7. The number of hydrogen-bond donors (Lipinski definition) is 3. The quantitative estimate of drug-likeness (QED) is 0.480. The lowest BCUT2D eigenvalue weighted by molar-refractivity contribution is -0.248. The van der Waals surface area contributed by atoms with Crippen LogP contribution in [0.25, 0.3) is 0 Å². The van der Waals surface area contributed by atoms with Gasteiger partial charge in [0.05, 0.1) is 22.7 Å². The van der Waals surface area contributed by atoms with Crippen LogP contribution in [-0.4, -0.2) is 51.5 Å². The fourth-order valence-corrected chi connectivity index (χ4v) is 8.34. The monoisotopic (exact) mass is 404 g/mol. The molecule has 8 atom stereocenters. The van der Waals surface area contributed by atoms with Gasteiger partial charge in [-0.15, -0.1) is 0 Å². The van der Waals surface area contributed by atoms with Gasteiger partial charge in [-0.2, -0.15) is 0 Å². The number of hydrogen-bond acceptors (Lipinski definition) is 6. The number of aliphatic hydroxyl groups excluding tert-OH is 1. The van der Waals surface area contributed by atoms with Crippen LogP contribution >= 0.6 is 0 Å². The molecule has 1 unspecified atom stereocenters. The molecule has 0 amide bonds. The Morgan fingerprint density at radius 2 is 1.83 bits per heavy atom. The van der Waals surface area contributed by atoms with Crippen molar-refractivity contribution in [1.82, 2.24) is 0 Å². The van der Waals surface area contributed by atoms with Crippen molar-refractivity contribution in [2.45, 2.75) is 82.0 Å². The third-order valence-corrected chi connectivity index (χ3v) is 9.85. The van der Waals surface area contributed by atoms with E-state index in [0.717, 1.165) is 31.1 Å². The summed E-state index contributed by atoms with van der Waals surface area (Å²) in [6.07, 6.45) is 7.36. The zero-order valence-electron chi connectivity index (χ0n) is 17.1. The highest BCUT2D eigenvalue weighted by Crippen LogP contribution is 2.70. The van der Waals surface area contributed by atoms with E-state index in [4.69, 9.17) is 4.74 Å². The van der Waals surface area contributed by atoms with Gasteiger partial charge < -0.3 is 24.9 Å². The number of aldehydes is 1. The molecule has 4 fully saturated rings. The van der Waals surface area contributed by atoms with Gasteiger partial charge in [-0.1, -0.05) is 6.92 Å². The average Bonchev–Trinajstić information content (AvgIpc) is 3.21. The Kier molecular flexibility index (Phi) is 4.18. The Morgan fingerprint density at radius 1 is 1.07 bits per heavy atom. The van der Waals surface area contributed by atoms with Crippen LogP contribution in [0, 0.1) is 28.6 Å². The largest absolute Gasteiger partial charge is 0.458 e. The standard InChI is InChI=1S/C23H32O6/c1-20-6-3-17-18(4-8-22(27)11-15(25)2-7-21(17,22)13-24)23(20,28)9-5-16(20)14-10-19(26)29-12-14/h10,13,15-18,25,27-28H,2-9,11-12H2,1H3/t15?,16-,17+,18-,20-,21+,22+,23+/m1/s1. The summed E-state index contributed by atoms with van der Waals surface area (Å²) in [6, 6.07) is 0. The average molecular weight is 405 g/mol. The van der Waals surface area contributed by atoms with Crippen molar-refractivity contribution in [3.63, 3.8) is 0 Å². The Morgan fingerprint density at radius 3 is 2.52 bits per heavy atom. The molecule has 0 bridgehead atoms. The lowest BCUT2D eigenvalue weighted by Gasteiger charge is -2.65. The number of carbonyl (C=O) groups is 2. The minimum absolute atomic E-state index is 0.0504. The van der Waals surface area contributed by atoms with Crippen molar-refractivity contribution in [1.29, 1.82) is 0 Å². The molecule has 5 rings (SSSR count). The van der Waals surface area contributed by atoms with Gasteiger partial charge in [0.25, 0.3) is 0 Å². The van der Waals surface area contributed by atoms with E-state index in [1.807, 2.05) is 0 Å². The third kappa shape index (κ3) is 2.34. The van der Waals surface area contributed by atoms with Gasteiger partial charge in [0.15, 0.2) is 0 Å². The van der Waals surface area contributed by atoms with Crippen LogP contribution in [0.15, 0.2) is 11.6 Å². The molecule has 29 heavy (non-hydrogen) atoms. The number of ether oxygens (including phenoxy) is 1. The predicted octanol–water partition coefficient (Wildman–Crippen LogP) is 1.90. The summed E-state index contributed by atoms with van der Waals surface area (Å²) < 4.78 is 5.15. The SMILES string of the molecule is C[C@]12CC[C@H]3[C@@H](CC[C@]4(O)CC(O)CC[C@]34C=O)[C@@]1(O)CC[C@@H]2C1=CC(=O)OC1. The molecule has 6 heteroatoms. The van der Waals surface area contributed by atoms with Crippen molar-refractivity contribution in [2.75, 3.05) is 6.61 Å². The first-order valence-corrected chi connectivity index (χ1v) is 11.2. The van der Waals surface area contributed by atoms with Crippen molar-refractivity contribution < 1.29 is 29.6 Å². The van der Waals surface area contributed by atoms with Gasteiger partial charge in [0.1, 0.15) is 12.9 Å². The number of cyclic esters (lactones) is 1. The number of rotatable bonds is 2. The molecule has 0 radical (unpaired) electrons. The van der Waals surface area contributed by atoms with Crippen molar-refractivity contribution in [3.8, 4) is 0 Å². The zero-order valence-corrected chi connectivity index (χ0v) is 17.1. The van der Waals surface area contributed by atoms with E-state index in [9.17, 15) is 24.9 Å². The Labute approximate surface area is 171 Å². The van der Waals surface area contributed by atoms with Crippen molar-refractivity contribution in [2.24, 2.45) is 28.6 Å². The fourth-order valence-electron chi connectivity index (χ4n) is 8.34. The molecule has 0 aromatic carbocycles. The molecule has 1 aliphatic heterocycles. The van der Waals surface area contributed by atoms with E-state index in [0.29, 0.717) is 38.7 Å². The van der Waals surface area contributed by atoms with Crippen LogP contribution in [0.2, 0.25) is 0 Å². The van der Waals surface area contributed by atoms with Gasteiger partial charge in [-0.25, -0.2) is 4.79 Å². The molecule has 0 aromatic heterocycles. The maximum absolute atomic E-state index is 12.5. The zero-order chi connectivity index (χ0) is 20.7. The molecule has 6 nitrogen and oxygen atoms in total. The normalized spacial score (nSPS) is 54.1. The van der Waals surface area contributed by atoms with Gasteiger partial charge in [0.2, 0.25) is 0 Å². The van der Waals surface area contributed by atoms with Crippen LogP contribution in [-0.2, 0) is 14.3 Å². The van der Waals surface area contributed by atoms with Gasteiger partial charge in [0, 0.05) is 17.9 Å². The molecular formula is C23H32O6. The third-order valence-electron chi connectivity index (χ3n) is 9.85. The molecule has 0 aromatic rings. The maximum atomic E-state index is 12.5. The van der Waals surface area contributed by atoms with E-state index in [1.54, 1.807) is 6.08 Å². The summed E-state index contributed by atoms with van der Waals surface area (Å²) in [4.78, 5) is 24.1. The second-order valence-electron chi connectivity index (χ2n) is 10.6. The lowest BCUT2D eigenvalue weighted by Crippen LogP contribution is -2.68. The first-order valence-electron chi connectivity index (χ1n) is 11.2. The highest BCUT2D eigenvalue weighted by Gasteiger charge is 2.71. The topological polar surface area (TPSA) is 104 Å². The number of fused-ring (bicyclic) bond motifs is 5. The summed E-state index contributed by atoms with van der Waals surface area (Å²) >= 11 is 0. The summed E-state index contributed by atoms with van der Waals surface area (Å²) in [5.41, 5.74) is -2.34. The molecule has 0 spiro atoms. The van der Waals surface area contributed by atoms with E-state index in [-0.39, 0.29) is 35.6 Å². The molecule has 3 N–H and O–H groups in total. The lowest BCUT2D eigenvalue weighted by atomic mass is 9.41. The van der Waals surface area contributed by atoms with E-state index >= 15 is 0 Å². The van der Waals surface area contributed by atoms with Crippen LogP contribution in [0.5, 0.6) is 0 Å². The highest BCUT2D eigenvalue weighted by molar-refractivity contribution is 5.85. The molecule has 160 valence electrons. The van der Waals surface area contributed by atoms with E-state index < -0.39 is 22.7 Å². The molecule has 1 heterocycles. The predicted molar refractivity (Wildman–Crippen MR) is 104 cm³/mol. The Balaban J connectivity index is 1.52. The van der Waals surface area contributed by atoms with Gasteiger partial charge in [-0.3, -0.25) is 0 Å². The summed E-state index contributed by atoms with van der Waals surface area (Å²) in [5.74, 6) is -0.304. The Bertz CT molecular complexity index is 777. The van der Waals surface area contributed by atoms with E-state index in [2.05, 4.69) is 6.92 Å². The first kappa shape index (κ1) is 19.7. The molecular weight excluding hydrogens is 372 g/mol. The summed E-state index contributed by atoms with van der Waals surface area (Å²) in [6.45, 7) is 2.46. The second kappa shape index (κ2) is 6.14. The first-order chi connectivity index (χ1) is 13.7. The van der Waals surface area contributed by atoms with Gasteiger partial charge >= 0.3 is 5.97 Å². The number of aliphatic hydroxyl groups is 3.